The van der Waals surface area contributed by atoms with E-state index in [0.29, 0.717) is 0 Å². The van der Waals surface area contributed by atoms with Gasteiger partial charge in [0.15, 0.2) is 6.29 Å². The first kappa shape index (κ1) is 28.3. The summed E-state index contributed by atoms with van der Waals surface area (Å²) in [4.78, 5) is 0. The second-order valence-corrected chi connectivity index (χ2v) is 13.4. The maximum Gasteiger partial charge on any atom is 0.160 e. The van der Waals surface area contributed by atoms with Crippen molar-refractivity contribution < 1.29 is 4.42 Å². The van der Waals surface area contributed by atoms with Crippen LogP contribution in [0.5, 0.6) is 0 Å². The highest BCUT2D eigenvalue weighted by atomic mass is 16.3. The summed E-state index contributed by atoms with van der Waals surface area (Å²) in [5.41, 5.74) is 11.0. The van der Waals surface area contributed by atoms with Crippen LogP contribution in [-0.2, 0) is 0 Å². The molecule has 0 spiro atoms. The van der Waals surface area contributed by atoms with Crippen LogP contribution in [0.15, 0.2) is 174 Å². The van der Waals surface area contributed by atoms with Crippen molar-refractivity contribution in [2.45, 2.75) is 12.3 Å². The van der Waals surface area contributed by atoms with E-state index in [9.17, 15) is 0 Å². The zero-order valence-corrected chi connectivity index (χ0v) is 27.6. The molecule has 2 atom stereocenters. The van der Waals surface area contributed by atoms with Gasteiger partial charge in [0.2, 0.25) is 0 Å². The Kier molecular flexibility index (Phi) is 6.09. The fourth-order valence-electron chi connectivity index (χ4n) is 8.34. The molecule has 1 aliphatic rings. The van der Waals surface area contributed by atoms with Gasteiger partial charge in [0.1, 0.15) is 11.2 Å². The second-order valence-electron chi connectivity index (χ2n) is 13.4. The van der Waals surface area contributed by atoms with Crippen LogP contribution in [0.25, 0.3) is 76.9 Å². The van der Waals surface area contributed by atoms with Crippen molar-refractivity contribution in [3.05, 3.63) is 181 Å². The van der Waals surface area contributed by atoms with Crippen LogP contribution in [0, 0.1) is 0 Å². The summed E-state index contributed by atoms with van der Waals surface area (Å²) >= 11 is 0. The van der Waals surface area contributed by atoms with Gasteiger partial charge < -0.3 is 18.9 Å². The van der Waals surface area contributed by atoms with E-state index in [4.69, 9.17) is 4.42 Å². The lowest BCUT2D eigenvalue weighted by molar-refractivity contribution is 0.350. The average molecular weight is 657 g/mol. The largest absolute Gasteiger partial charge is 0.456 e. The highest BCUT2D eigenvalue weighted by Gasteiger charge is 2.29. The molecule has 0 bridgehead atoms. The maximum atomic E-state index is 6.54. The molecule has 0 amide bonds. The van der Waals surface area contributed by atoms with E-state index in [1.807, 2.05) is 6.07 Å². The van der Waals surface area contributed by atoms with Gasteiger partial charge in [0, 0.05) is 49.8 Å². The molecule has 2 N–H and O–H groups in total. The lowest BCUT2D eigenvalue weighted by Gasteiger charge is -2.34. The molecular formula is C46H32N4O. The van der Waals surface area contributed by atoms with Gasteiger partial charge in [-0.2, -0.15) is 0 Å². The Morgan fingerprint density at radius 2 is 1.22 bits per heavy atom. The molecule has 0 saturated carbocycles. The molecule has 5 heteroatoms. The standard InChI is InChI=1S/C46H32N4O/c1-4-14-29(15-5-1)37-27-38(30-16-6-2-7-17-30)48-46(47-37)50-40-25-24-34-32-20-10-12-22-39(32)49(31-18-8-3-9-19-31)45(34)44(40)36-26-35-33-21-11-13-23-42(33)51-43(35)28-41(36)50/h1-28,37,46-48H. The minimum absolute atomic E-state index is 0.0189. The Balaban J connectivity index is 1.27. The van der Waals surface area contributed by atoms with Gasteiger partial charge in [0.25, 0.3) is 0 Å². The lowest BCUT2D eigenvalue weighted by atomic mass is 10.0. The predicted molar refractivity (Wildman–Crippen MR) is 210 cm³/mol. The van der Waals surface area contributed by atoms with E-state index in [1.165, 1.54) is 38.1 Å². The van der Waals surface area contributed by atoms with E-state index in [-0.39, 0.29) is 12.3 Å². The third-order valence-corrected chi connectivity index (χ3v) is 10.6. The number of furan rings is 1. The van der Waals surface area contributed by atoms with Gasteiger partial charge in [-0.25, -0.2) is 0 Å². The zero-order valence-electron chi connectivity index (χ0n) is 27.6. The van der Waals surface area contributed by atoms with E-state index >= 15 is 0 Å². The number of nitrogens with zero attached hydrogens (tertiary/aromatic N) is 2. The van der Waals surface area contributed by atoms with E-state index in [1.54, 1.807) is 0 Å². The van der Waals surface area contributed by atoms with Crippen LogP contribution in [0.4, 0.5) is 0 Å². The third kappa shape index (κ3) is 4.25. The molecule has 2 unspecified atom stereocenters. The molecule has 4 heterocycles. The van der Waals surface area contributed by atoms with Gasteiger partial charge in [-0.05, 0) is 53.6 Å². The fourth-order valence-corrected chi connectivity index (χ4v) is 8.34. The molecule has 5 nitrogen and oxygen atoms in total. The number of hydrogen-bond acceptors (Lipinski definition) is 3. The first-order valence-electron chi connectivity index (χ1n) is 17.5. The van der Waals surface area contributed by atoms with Crippen LogP contribution >= 0.6 is 0 Å². The molecule has 1 aliphatic heterocycles. The molecule has 242 valence electrons. The number of para-hydroxylation sites is 3. The molecule has 0 fully saturated rings. The Labute approximate surface area is 293 Å². The maximum absolute atomic E-state index is 6.54. The number of nitrogens with one attached hydrogen (secondary N) is 2. The number of benzene rings is 7. The lowest BCUT2D eigenvalue weighted by Crippen LogP contribution is -2.43. The zero-order chi connectivity index (χ0) is 33.5. The van der Waals surface area contributed by atoms with Crippen molar-refractivity contribution in [2.75, 3.05) is 0 Å². The van der Waals surface area contributed by atoms with Gasteiger partial charge >= 0.3 is 0 Å². The molecule has 11 rings (SSSR count). The number of fused-ring (bicyclic) bond motifs is 10. The average Bonchev–Trinajstić information content (AvgIpc) is 3.85. The molecule has 0 aliphatic carbocycles. The van der Waals surface area contributed by atoms with E-state index in [0.717, 1.165) is 49.9 Å². The molecule has 10 aromatic rings. The summed E-state index contributed by atoms with van der Waals surface area (Å²) in [7, 11) is 0. The monoisotopic (exact) mass is 656 g/mol. The molecular weight excluding hydrogens is 625 g/mol. The summed E-state index contributed by atoms with van der Waals surface area (Å²) < 4.78 is 11.4. The molecule has 0 radical (unpaired) electrons. The second kappa shape index (κ2) is 11.0. The highest BCUT2D eigenvalue weighted by Crippen LogP contribution is 2.44. The number of rotatable bonds is 4. The molecule has 3 aromatic heterocycles. The molecule has 7 aromatic carbocycles. The van der Waals surface area contributed by atoms with Crippen LogP contribution in [0.2, 0.25) is 0 Å². The predicted octanol–water partition coefficient (Wildman–Crippen LogP) is 11.2. The topological polar surface area (TPSA) is 47.1 Å². The Bertz CT molecular complexity index is 2970. The van der Waals surface area contributed by atoms with Gasteiger partial charge in [0.05, 0.1) is 28.1 Å². The van der Waals surface area contributed by atoms with Gasteiger partial charge in [-0.3, -0.25) is 5.32 Å². The normalized spacial score (nSPS) is 16.4. The first-order valence-corrected chi connectivity index (χ1v) is 17.5. The quantitative estimate of drug-likeness (QED) is 0.198. The summed E-state index contributed by atoms with van der Waals surface area (Å²) in [5, 5.41) is 15.0. The Morgan fingerprint density at radius 1 is 0.510 bits per heavy atom. The van der Waals surface area contributed by atoms with Gasteiger partial charge in [-0.15, -0.1) is 0 Å². The van der Waals surface area contributed by atoms with Gasteiger partial charge in [-0.1, -0.05) is 121 Å². The summed E-state index contributed by atoms with van der Waals surface area (Å²) in [6.45, 7) is 0. The van der Waals surface area contributed by atoms with Crippen molar-refractivity contribution in [1.29, 1.82) is 0 Å². The van der Waals surface area contributed by atoms with Crippen molar-refractivity contribution >= 4 is 71.2 Å². The Hall–Kier alpha value is -6.56. The van der Waals surface area contributed by atoms with Crippen molar-refractivity contribution in [3.63, 3.8) is 0 Å². The van der Waals surface area contributed by atoms with Crippen LogP contribution in [0.1, 0.15) is 23.5 Å². The summed E-state index contributed by atoms with van der Waals surface area (Å²) in [6, 6.07) is 58.4. The van der Waals surface area contributed by atoms with E-state index < -0.39 is 0 Å². The van der Waals surface area contributed by atoms with Crippen molar-refractivity contribution in [1.82, 2.24) is 19.8 Å². The first-order chi connectivity index (χ1) is 25.3. The Morgan fingerprint density at radius 3 is 2.04 bits per heavy atom. The van der Waals surface area contributed by atoms with Crippen molar-refractivity contribution in [2.24, 2.45) is 0 Å². The minimum atomic E-state index is -0.274. The van der Waals surface area contributed by atoms with Crippen LogP contribution in [0.3, 0.4) is 0 Å². The molecule has 51 heavy (non-hydrogen) atoms. The molecule has 0 saturated heterocycles. The SMILES string of the molecule is C1=C(c2ccccc2)NC(n2c3cc4oc5ccccc5c4cc3c3c4c(ccc32)c2ccccc2n4-c2ccccc2)NC1c1ccccc1. The van der Waals surface area contributed by atoms with Crippen LogP contribution in [-0.4, -0.2) is 9.13 Å². The highest BCUT2D eigenvalue weighted by molar-refractivity contribution is 6.27. The smallest absolute Gasteiger partial charge is 0.160 e. The number of hydrogen-bond donors (Lipinski definition) is 2. The summed E-state index contributed by atoms with van der Waals surface area (Å²) in [6.07, 6.45) is 2.03. The third-order valence-electron chi connectivity index (χ3n) is 10.6. The fraction of sp³-hybridized carbons (Fsp3) is 0.0435. The number of aromatic nitrogens is 2. The minimum Gasteiger partial charge on any atom is -0.456 e. The van der Waals surface area contributed by atoms with Crippen LogP contribution < -0.4 is 10.6 Å². The van der Waals surface area contributed by atoms with E-state index in [2.05, 4.69) is 184 Å². The van der Waals surface area contributed by atoms with Crippen molar-refractivity contribution in [3.8, 4) is 5.69 Å². The summed E-state index contributed by atoms with van der Waals surface area (Å²) in [5.74, 6) is 0.